The number of ether oxygens (including phenoxy) is 2. The molecule has 2 nitrogen and oxygen atoms in total. The lowest BCUT2D eigenvalue weighted by Gasteiger charge is -2.07. The van der Waals surface area contributed by atoms with Gasteiger partial charge in [0.25, 0.3) is 0 Å². The minimum atomic E-state index is -1.01. The zero-order valence-electron chi connectivity index (χ0n) is 16.2. The van der Waals surface area contributed by atoms with E-state index in [2.05, 4.69) is 0 Å². The lowest BCUT2D eigenvalue weighted by Crippen LogP contribution is -1.95. The fourth-order valence-corrected chi connectivity index (χ4v) is 2.86. The lowest BCUT2D eigenvalue weighted by molar-refractivity contribution is 0.131. The van der Waals surface area contributed by atoms with Gasteiger partial charge in [0.2, 0.25) is 5.82 Å². The van der Waals surface area contributed by atoms with Gasteiger partial charge in [0.05, 0.1) is 13.7 Å². The summed E-state index contributed by atoms with van der Waals surface area (Å²) in [7, 11) is 1.29. The van der Waals surface area contributed by atoms with Crippen LogP contribution in [0, 0.1) is 17.5 Å². The summed E-state index contributed by atoms with van der Waals surface area (Å²) in [5.74, 6) is -2.42. The molecular weight excluding hydrogens is 377 g/mol. The Labute approximate surface area is 168 Å². The SMILES string of the molecule is CCOCc1ccc(-c2ccc(/C=C/c3ccc(OC)c(F)c3F)cc2)cc1F. The van der Waals surface area contributed by atoms with E-state index in [1.54, 1.807) is 12.1 Å². The van der Waals surface area contributed by atoms with Crippen molar-refractivity contribution in [3.8, 4) is 16.9 Å². The predicted molar refractivity (Wildman–Crippen MR) is 109 cm³/mol. The highest BCUT2D eigenvalue weighted by molar-refractivity contribution is 5.72. The Hall–Kier alpha value is -3.05. The highest BCUT2D eigenvalue weighted by Gasteiger charge is 2.12. The van der Waals surface area contributed by atoms with Crippen LogP contribution in [-0.4, -0.2) is 13.7 Å². The van der Waals surface area contributed by atoms with E-state index in [0.717, 1.165) is 16.7 Å². The first kappa shape index (κ1) is 20.7. The first-order valence-electron chi connectivity index (χ1n) is 9.20. The molecule has 0 radical (unpaired) electrons. The molecule has 5 heteroatoms. The molecule has 0 saturated heterocycles. The summed E-state index contributed by atoms with van der Waals surface area (Å²) in [6, 6.07) is 15.2. The molecule has 0 N–H and O–H groups in total. The van der Waals surface area contributed by atoms with Crippen LogP contribution in [0.1, 0.15) is 23.6 Å². The average Bonchev–Trinajstić information content (AvgIpc) is 2.74. The quantitative estimate of drug-likeness (QED) is 0.424. The molecule has 0 amide bonds. The van der Waals surface area contributed by atoms with E-state index in [-0.39, 0.29) is 23.7 Å². The molecule has 0 unspecified atom stereocenters. The van der Waals surface area contributed by atoms with Crippen LogP contribution in [0.5, 0.6) is 5.75 Å². The number of halogens is 3. The molecule has 0 saturated carbocycles. The van der Waals surface area contributed by atoms with E-state index >= 15 is 0 Å². The molecule has 3 aromatic carbocycles. The van der Waals surface area contributed by atoms with Crippen LogP contribution in [-0.2, 0) is 11.3 Å². The van der Waals surface area contributed by atoms with Crippen LogP contribution in [0.25, 0.3) is 23.3 Å². The van der Waals surface area contributed by atoms with Gasteiger partial charge >= 0.3 is 0 Å². The molecule has 150 valence electrons. The van der Waals surface area contributed by atoms with Crippen molar-refractivity contribution in [3.63, 3.8) is 0 Å². The highest BCUT2D eigenvalue weighted by Crippen LogP contribution is 2.25. The van der Waals surface area contributed by atoms with Gasteiger partial charge in [-0.1, -0.05) is 48.6 Å². The number of benzene rings is 3. The van der Waals surface area contributed by atoms with Crippen molar-refractivity contribution in [2.45, 2.75) is 13.5 Å². The summed E-state index contributed by atoms with van der Waals surface area (Å²) in [4.78, 5) is 0. The first-order valence-corrected chi connectivity index (χ1v) is 9.20. The molecule has 0 aliphatic rings. The van der Waals surface area contributed by atoms with E-state index < -0.39 is 11.6 Å². The minimum absolute atomic E-state index is 0.124. The van der Waals surface area contributed by atoms with Gasteiger partial charge in [0.1, 0.15) is 5.82 Å². The molecule has 0 aromatic heterocycles. The molecule has 0 aliphatic heterocycles. The lowest BCUT2D eigenvalue weighted by atomic mass is 10.0. The fraction of sp³-hybridized carbons (Fsp3) is 0.167. The van der Waals surface area contributed by atoms with Gasteiger partial charge in [0, 0.05) is 17.7 Å². The second-order valence-corrected chi connectivity index (χ2v) is 6.38. The van der Waals surface area contributed by atoms with Gasteiger partial charge < -0.3 is 9.47 Å². The smallest absolute Gasteiger partial charge is 0.201 e. The van der Waals surface area contributed by atoms with Crippen molar-refractivity contribution in [3.05, 3.63) is 88.7 Å². The van der Waals surface area contributed by atoms with Gasteiger partial charge in [-0.05, 0) is 41.8 Å². The number of hydrogen-bond acceptors (Lipinski definition) is 2. The van der Waals surface area contributed by atoms with Crippen molar-refractivity contribution >= 4 is 12.2 Å². The maximum atomic E-state index is 14.2. The standard InChI is InChI=1S/C24H21F3O2/c1-3-29-15-20-11-10-19(14-21(20)25)17-7-4-16(5-8-17)6-9-18-12-13-22(28-2)24(27)23(18)26/h4-14H,3,15H2,1-2H3/b9-6+. The van der Waals surface area contributed by atoms with E-state index in [1.165, 1.54) is 31.4 Å². The zero-order chi connectivity index (χ0) is 20.8. The Morgan fingerprint density at radius 2 is 1.55 bits per heavy atom. The van der Waals surface area contributed by atoms with Crippen molar-refractivity contribution in [1.82, 2.24) is 0 Å². The van der Waals surface area contributed by atoms with Crippen LogP contribution in [0.3, 0.4) is 0 Å². The van der Waals surface area contributed by atoms with Crippen LogP contribution in [0.4, 0.5) is 13.2 Å². The van der Waals surface area contributed by atoms with Crippen LogP contribution >= 0.6 is 0 Å². The molecule has 0 fully saturated rings. The topological polar surface area (TPSA) is 18.5 Å². The number of rotatable bonds is 7. The third-order valence-corrected chi connectivity index (χ3v) is 4.51. The van der Waals surface area contributed by atoms with Gasteiger partial charge in [-0.25, -0.2) is 8.78 Å². The van der Waals surface area contributed by atoms with E-state index in [9.17, 15) is 13.2 Å². The summed E-state index contributed by atoms with van der Waals surface area (Å²) < 4.78 is 52.0. The van der Waals surface area contributed by atoms with Crippen molar-refractivity contribution < 1.29 is 22.6 Å². The second-order valence-electron chi connectivity index (χ2n) is 6.38. The normalized spacial score (nSPS) is 11.2. The molecule has 0 heterocycles. The summed E-state index contributed by atoms with van der Waals surface area (Å²) in [5, 5.41) is 0. The molecular formula is C24H21F3O2. The Bertz CT molecular complexity index is 1010. The summed E-state index contributed by atoms with van der Waals surface area (Å²) in [5.41, 5.74) is 3.05. The summed E-state index contributed by atoms with van der Waals surface area (Å²) >= 11 is 0. The van der Waals surface area contributed by atoms with Crippen LogP contribution < -0.4 is 4.74 Å². The summed E-state index contributed by atoms with van der Waals surface area (Å²) in [6.45, 7) is 2.64. The monoisotopic (exact) mass is 398 g/mol. The molecule has 0 atom stereocenters. The molecule has 0 spiro atoms. The molecule has 0 bridgehead atoms. The van der Waals surface area contributed by atoms with Gasteiger partial charge in [-0.15, -0.1) is 0 Å². The average molecular weight is 398 g/mol. The zero-order valence-corrected chi connectivity index (χ0v) is 16.2. The number of hydrogen-bond donors (Lipinski definition) is 0. The van der Waals surface area contributed by atoms with Gasteiger partial charge in [-0.2, -0.15) is 4.39 Å². The van der Waals surface area contributed by atoms with Crippen molar-refractivity contribution in [2.75, 3.05) is 13.7 Å². The molecule has 29 heavy (non-hydrogen) atoms. The minimum Gasteiger partial charge on any atom is -0.494 e. The maximum absolute atomic E-state index is 14.2. The molecule has 3 rings (SSSR count). The Balaban J connectivity index is 1.76. The Morgan fingerprint density at radius 1 is 0.828 bits per heavy atom. The van der Waals surface area contributed by atoms with E-state index in [4.69, 9.17) is 9.47 Å². The second kappa shape index (κ2) is 9.43. The Kier molecular flexibility index (Phi) is 6.73. The summed E-state index contributed by atoms with van der Waals surface area (Å²) in [6.07, 6.45) is 3.18. The van der Waals surface area contributed by atoms with Crippen molar-refractivity contribution in [2.24, 2.45) is 0 Å². The Morgan fingerprint density at radius 3 is 2.21 bits per heavy atom. The third kappa shape index (κ3) is 4.87. The number of methoxy groups -OCH3 is 1. The molecule has 3 aromatic rings. The molecule has 0 aliphatic carbocycles. The van der Waals surface area contributed by atoms with Gasteiger partial charge in [-0.3, -0.25) is 0 Å². The predicted octanol–water partition coefficient (Wildman–Crippen LogP) is 6.49. The van der Waals surface area contributed by atoms with Crippen LogP contribution in [0.15, 0.2) is 54.6 Å². The maximum Gasteiger partial charge on any atom is 0.201 e. The highest BCUT2D eigenvalue weighted by atomic mass is 19.2. The van der Waals surface area contributed by atoms with Gasteiger partial charge in [0.15, 0.2) is 11.6 Å². The fourth-order valence-electron chi connectivity index (χ4n) is 2.86. The van der Waals surface area contributed by atoms with E-state index in [0.29, 0.717) is 12.2 Å². The largest absolute Gasteiger partial charge is 0.494 e. The van der Waals surface area contributed by atoms with E-state index in [1.807, 2.05) is 37.3 Å². The van der Waals surface area contributed by atoms with Crippen molar-refractivity contribution in [1.29, 1.82) is 0 Å². The van der Waals surface area contributed by atoms with Crippen LogP contribution in [0.2, 0.25) is 0 Å². The third-order valence-electron chi connectivity index (χ3n) is 4.51. The first-order chi connectivity index (χ1) is 14.0.